The van der Waals surface area contributed by atoms with Gasteiger partial charge in [-0.15, -0.1) is 0 Å². The molecule has 2 unspecified atom stereocenters. The number of nitrogens with zero attached hydrogens (tertiary/aromatic N) is 5. The molecule has 2 atom stereocenters. The average molecular weight is 344 g/mol. The van der Waals surface area contributed by atoms with Crippen LogP contribution in [0, 0.1) is 25.7 Å². The van der Waals surface area contributed by atoms with Gasteiger partial charge in [0.15, 0.2) is 0 Å². The Bertz CT molecular complexity index is 567. The molecule has 3 aliphatic heterocycles. The molecule has 0 N–H and O–H groups in total. The molecule has 0 aliphatic carbocycles. The normalized spacial score (nSPS) is 28.3. The molecule has 0 bridgehead atoms. The van der Waals surface area contributed by atoms with Gasteiger partial charge < -0.3 is 14.7 Å². The number of anilines is 1. The Morgan fingerprint density at radius 1 is 0.840 bits per heavy atom. The van der Waals surface area contributed by atoms with Gasteiger partial charge in [-0.2, -0.15) is 0 Å². The number of likely N-dealkylation sites (tertiary alicyclic amines) is 2. The lowest BCUT2D eigenvalue weighted by Gasteiger charge is -2.26. The molecule has 3 aliphatic rings. The molecule has 5 heteroatoms. The number of rotatable bonds is 4. The molecule has 5 nitrogen and oxygen atoms in total. The minimum absolute atomic E-state index is 0.818. The van der Waals surface area contributed by atoms with Crippen molar-refractivity contribution >= 4 is 5.82 Å². The van der Waals surface area contributed by atoms with Crippen molar-refractivity contribution in [3.8, 4) is 0 Å². The lowest BCUT2D eigenvalue weighted by Crippen LogP contribution is -2.36. The second-order valence-corrected chi connectivity index (χ2v) is 8.35. The molecule has 3 fully saturated rings. The predicted octanol–water partition coefficient (Wildman–Crippen LogP) is 2.34. The highest BCUT2D eigenvalue weighted by atomic mass is 15.3. The highest BCUT2D eigenvalue weighted by Crippen LogP contribution is 2.34. The maximum absolute atomic E-state index is 4.57. The van der Waals surface area contributed by atoms with Gasteiger partial charge in [-0.25, -0.2) is 9.97 Å². The van der Waals surface area contributed by atoms with E-state index in [4.69, 9.17) is 0 Å². The second-order valence-electron chi connectivity index (χ2n) is 8.35. The minimum atomic E-state index is 0.818. The van der Waals surface area contributed by atoms with E-state index in [1.807, 2.05) is 0 Å². The first kappa shape index (κ1) is 17.2. The SMILES string of the molecule is Cc1ncnc(N2CC3CN(CCN4CCCCCC4)CC3C2)c1C. The third-order valence-electron chi connectivity index (χ3n) is 6.60. The van der Waals surface area contributed by atoms with Crippen molar-refractivity contribution in [3.63, 3.8) is 0 Å². The molecular weight excluding hydrogens is 310 g/mol. The summed E-state index contributed by atoms with van der Waals surface area (Å²) in [6, 6.07) is 0. The van der Waals surface area contributed by atoms with Gasteiger partial charge in [-0.3, -0.25) is 0 Å². The lowest BCUT2D eigenvalue weighted by atomic mass is 10.0. The summed E-state index contributed by atoms with van der Waals surface area (Å²) in [6.07, 6.45) is 7.39. The average Bonchev–Trinajstić information content (AvgIpc) is 3.04. The maximum Gasteiger partial charge on any atom is 0.135 e. The molecule has 0 radical (unpaired) electrons. The third kappa shape index (κ3) is 3.82. The molecule has 0 amide bonds. The van der Waals surface area contributed by atoms with Crippen LogP contribution in [0.1, 0.15) is 36.9 Å². The van der Waals surface area contributed by atoms with Crippen molar-refractivity contribution in [1.29, 1.82) is 0 Å². The largest absolute Gasteiger partial charge is 0.356 e. The predicted molar refractivity (Wildman–Crippen MR) is 102 cm³/mol. The fourth-order valence-corrected chi connectivity index (χ4v) is 4.93. The molecule has 3 saturated heterocycles. The van der Waals surface area contributed by atoms with E-state index in [2.05, 4.69) is 38.5 Å². The summed E-state index contributed by atoms with van der Waals surface area (Å²) in [6.45, 7) is 14.3. The van der Waals surface area contributed by atoms with E-state index in [1.165, 1.54) is 83.6 Å². The summed E-state index contributed by atoms with van der Waals surface area (Å²) in [4.78, 5) is 16.8. The van der Waals surface area contributed by atoms with Crippen LogP contribution in [0.4, 0.5) is 5.82 Å². The smallest absolute Gasteiger partial charge is 0.135 e. The molecule has 0 aromatic carbocycles. The van der Waals surface area contributed by atoms with E-state index in [9.17, 15) is 0 Å². The molecule has 0 saturated carbocycles. The van der Waals surface area contributed by atoms with Gasteiger partial charge in [0.2, 0.25) is 0 Å². The van der Waals surface area contributed by atoms with Crippen LogP contribution in [-0.4, -0.2) is 72.1 Å². The Labute approximate surface area is 152 Å². The molecule has 0 spiro atoms. The van der Waals surface area contributed by atoms with Gasteiger partial charge in [0, 0.05) is 50.5 Å². The van der Waals surface area contributed by atoms with Gasteiger partial charge in [0.25, 0.3) is 0 Å². The summed E-state index contributed by atoms with van der Waals surface area (Å²) in [5, 5.41) is 0. The van der Waals surface area contributed by atoms with Crippen molar-refractivity contribution in [1.82, 2.24) is 19.8 Å². The lowest BCUT2D eigenvalue weighted by molar-refractivity contribution is 0.224. The van der Waals surface area contributed by atoms with Crippen LogP contribution in [0.15, 0.2) is 6.33 Å². The van der Waals surface area contributed by atoms with E-state index < -0.39 is 0 Å². The van der Waals surface area contributed by atoms with E-state index in [-0.39, 0.29) is 0 Å². The van der Waals surface area contributed by atoms with Crippen LogP contribution in [0.25, 0.3) is 0 Å². The van der Waals surface area contributed by atoms with Crippen LogP contribution in [0.5, 0.6) is 0 Å². The fourth-order valence-electron chi connectivity index (χ4n) is 4.93. The van der Waals surface area contributed by atoms with Crippen molar-refractivity contribution < 1.29 is 0 Å². The minimum Gasteiger partial charge on any atom is -0.356 e. The van der Waals surface area contributed by atoms with Crippen LogP contribution in [-0.2, 0) is 0 Å². The first-order chi connectivity index (χ1) is 12.2. The highest BCUT2D eigenvalue weighted by Gasteiger charge is 2.40. The summed E-state index contributed by atoms with van der Waals surface area (Å²) >= 11 is 0. The van der Waals surface area contributed by atoms with Gasteiger partial charge >= 0.3 is 0 Å². The highest BCUT2D eigenvalue weighted by molar-refractivity contribution is 5.48. The summed E-state index contributed by atoms with van der Waals surface area (Å²) in [7, 11) is 0. The number of hydrogen-bond donors (Lipinski definition) is 0. The number of fused-ring (bicyclic) bond motifs is 1. The number of aromatic nitrogens is 2. The van der Waals surface area contributed by atoms with Crippen LogP contribution in [0.2, 0.25) is 0 Å². The van der Waals surface area contributed by atoms with Gasteiger partial charge in [-0.1, -0.05) is 12.8 Å². The molecule has 138 valence electrons. The standard InChI is InChI=1S/C20H33N5/c1-16-17(2)21-15-22-20(16)25-13-18-11-24(12-19(18)14-25)10-9-23-7-5-3-4-6-8-23/h15,18-19H,3-14H2,1-2H3. The fraction of sp³-hybridized carbons (Fsp3) is 0.800. The molecular formula is C20H33N5. The topological polar surface area (TPSA) is 35.5 Å². The zero-order chi connectivity index (χ0) is 17.2. The van der Waals surface area contributed by atoms with E-state index in [1.54, 1.807) is 6.33 Å². The van der Waals surface area contributed by atoms with Gasteiger partial charge in [0.05, 0.1) is 0 Å². The van der Waals surface area contributed by atoms with Crippen molar-refractivity contribution in [2.24, 2.45) is 11.8 Å². The first-order valence-electron chi connectivity index (χ1n) is 10.2. The Kier molecular flexibility index (Phi) is 5.23. The zero-order valence-corrected chi connectivity index (χ0v) is 16.0. The van der Waals surface area contributed by atoms with Crippen molar-refractivity contribution in [2.75, 3.05) is 57.3 Å². The Morgan fingerprint density at radius 2 is 1.48 bits per heavy atom. The maximum atomic E-state index is 4.57. The molecule has 25 heavy (non-hydrogen) atoms. The Hall–Kier alpha value is -1.20. The summed E-state index contributed by atoms with van der Waals surface area (Å²) in [5.74, 6) is 2.80. The van der Waals surface area contributed by atoms with Crippen LogP contribution < -0.4 is 4.90 Å². The van der Waals surface area contributed by atoms with E-state index in [0.29, 0.717) is 0 Å². The van der Waals surface area contributed by atoms with Gasteiger partial charge in [0.1, 0.15) is 12.1 Å². The molecule has 1 aromatic heterocycles. The summed E-state index contributed by atoms with van der Waals surface area (Å²) < 4.78 is 0. The number of hydrogen-bond acceptors (Lipinski definition) is 5. The summed E-state index contributed by atoms with van der Waals surface area (Å²) in [5.41, 5.74) is 2.36. The third-order valence-corrected chi connectivity index (χ3v) is 6.60. The van der Waals surface area contributed by atoms with Crippen molar-refractivity contribution in [2.45, 2.75) is 39.5 Å². The Morgan fingerprint density at radius 3 is 2.16 bits per heavy atom. The van der Waals surface area contributed by atoms with E-state index in [0.717, 1.165) is 23.3 Å². The van der Waals surface area contributed by atoms with Crippen molar-refractivity contribution in [3.05, 3.63) is 17.6 Å². The first-order valence-corrected chi connectivity index (χ1v) is 10.2. The van der Waals surface area contributed by atoms with E-state index >= 15 is 0 Å². The quantitative estimate of drug-likeness (QED) is 0.838. The van der Waals surface area contributed by atoms with Crippen LogP contribution >= 0.6 is 0 Å². The molecule has 4 heterocycles. The second kappa shape index (κ2) is 7.58. The Balaban J connectivity index is 1.28. The molecule has 1 aromatic rings. The van der Waals surface area contributed by atoms with Crippen LogP contribution in [0.3, 0.4) is 0 Å². The monoisotopic (exact) mass is 343 g/mol. The van der Waals surface area contributed by atoms with Gasteiger partial charge in [-0.05, 0) is 51.6 Å². The zero-order valence-electron chi connectivity index (χ0n) is 16.0. The number of aryl methyl sites for hydroxylation is 1. The molecule has 4 rings (SSSR count).